The highest BCUT2D eigenvalue weighted by Gasteiger charge is 2.32. The molecule has 6 nitrogen and oxygen atoms in total. The molecule has 2 aliphatic rings. The Bertz CT molecular complexity index is 797. The number of benzene rings is 1. The molecule has 0 unspecified atom stereocenters. The third-order valence-corrected chi connectivity index (χ3v) is 6.25. The SMILES string of the molecule is Cn1c(SCC(=O)NC2CCN(C3CC3)CC2)nnc1-c1ccc(F)cc1. The molecule has 2 heterocycles. The summed E-state index contributed by atoms with van der Waals surface area (Å²) in [4.78, 5) is 14.8. The fourth-order valence-corrected chi connectivity index (χ4v) is 4.26. The molecule has 1 N–H and O–H groups in total. The van der Waals surface area contributed by atoms with Gasteiger partial charge in [-0.2, -0.15) is 0 Å². The Morgan fingerprint density at radius 1 is 1.19 bits per heavy atom. The van der Waals surface area contributed by atoms with Crippen LogP contribution < -0.4 is 5.32 Å². The molecule has 0 bridgehead atoms. The second-order valence-corrected chi connectivity index (χ2v) is 8.21. The highest BCUT2D eigenvalue weighted by Crippen LogP contribution is 2.29. The van der Waals surface area contributed by atoms with E-state index in [0.717, 1.165) is 37.5 Å². The minimum absolute atomic E-state index is 0.0382. The Labute approximate surface area is 162 Å². The van der Waals surface area contributed by atoms with Crippen molar-refractivity contribution in [1.82, 2.24) is 25.0 Å². The number of carbonyl (C=O) groups is 1. The summed E-state index contributed by atoms with van der Waals surface area (Å²) in [5.74, 6) is 0.731. The highest BCUT2D eigenvalue weighted by molar-refractivity contribution is 7.99. The summed E-state index contributed by atoms with van der Waals surface area (Å²) in [6.45, 7) is 2.18. The van der Waals surface area contributed by atoms with Crippen LogP contribution in [0.15, 0.2) is 29.4 Å². The molecule has 0 spiro atoms. The fourth-order valence-electron chi connectivity index (χ4n) is 3.54. The summed E-state index contributed by atoms with van der Waals surface area (Å²) >= 11 is 1.37. The van der Waals surface area contributed by atoms with Crippen LogP contribution in [0.4, 0.5) is 4.39 Å². The van der Waals surface area contributed by atoms with Crippen LogP contribution in [-0.2, 0) is 11.8 Å². The van der Waals surface area contributed by atoms with E-state index in [1.165, 1.54) is 36.7 Å². The highest BCUT2D eigenvalue weighted by atomic mass is 32.2. The van der Waals surface area contributed by atoms with Gasteiger partial charge in [0.1, 0.15) is 5.82 Å². The van der Waals surface area contributed by atoms with E-state index >= 15 is 0 Å². The van der Waals surface area contributed by atoms with Gasteiger partial charge in [-0.1, -0.05) is 11.8 Å². The molecule has 1 amide bonds. The van der Waals surface area contributed by atoms with Crippen LogP contribution in [0.5, 0.6) is 0 Å². The molecule has 4 rings (SSSR count). The number of rotatable bonds is 6. The molecule has 1 saturated heterocycles. The van der Waals surface area contributed by atoms with Gasteiger partial charge in [-0.05, 0) is 49.9 Å². The number of amides is 1. The first-order chi connectivity index (χ1) is 13.1. The Kier molecular flexibility index (Phi) is 5.45. The van der Waals surface area contributed by atoms with Crippen molar-refractivity contribution in [2.45, 2.75) is 42.9 Å². The van der Waals surface area contributed by atoms with Crippen molar-refractivity contribution in [3.63, 3.8) is 0 Å². The van der Waals surface area contributed by atoms with Crippen molar-refractivity contribution in [3.8, 4) is 11.4 Å². The van der Waals surface area contributed by atoms with Crippen molar-refractivity contribution in [1.29, 1.82) is 0 Å². The standard InChI is InChI=1S/C19H24FN5OS/c1-24-18(13-2-4-14(20)5-3-13)22-23-19(24)27-12-17(26)21-15-8-10-25(11-9-15)16-6-7-16/h2-5,15-16H,6-12H2,1H3,(H,21,26). The van der Waals surface area contributed by atoms with E-state index in [2.05, 4.69) is 20.4 Å². The lowest BCUT2D eigenvalue weighted by atomic mass is 10.1. The second-order valence-electron chi connectivity index (χ2n) is 7.27. The number of likely N-dealkylation sites (tertiary alicyclic amines) is 1. The normalized spacial score (nSPS) is 18.6. The van der Waals surface area contributed by atoms with Gasteiger partial charge < -0.3 is 14.8 Å². The van der Waals surface area contributed by atoms with Gasteiger partial charge in [0, 0.05) is 37.8 Å². The maximum atomic E-state index is 13.1. The summed E-state index contributed by atoms with van der Waals surface area (Å²) in [6.07, 6.45) is 4.74. The van der Waals surface area contributed by atoms with Crippen LogP contribution in [0, 0.1) is 5.82 Å². The Morgan fingerprint density at radius 2 is 1.89 bits per heavy atom. The fraction of sp³-hybridized carbons (Fsp3) is 0.526. The van der Waals surface area contributed by atoms with E-state index in [0.29, 0.717) is 16.7 Å². The van der Waals surface area contributed by atoms with E-state index in [4.69, 9.17) is 0 Å². The second kappa shape index (κ2) is 7.98. The summed E-state index contributed by atoms with van der Waals surface area (Å²) in [5, 5.41) is 12.2. The molecule has 0 atom stereocenters. The van der Waals surface area contributed by atoms with Gasteiger partial charge in [-0.15, -0.1) is 10.2 Å². The maximum absolute atomic E-state index is 13.1. The molecule has 8 heteroatoms. The van der Waals surface area contributed by atoms with Gasteiger partial charge in [0.15, 0.2) is 11.0 Å². The third kappa shape index (κ3) is 4.50. The number of carbonyl (C=O) groups excluding carboxylic acids is 1. The zero-order valence-corrected chi connectivity index (χ0v) is 16.2. The van der Waals surface area contributed by atoms with E-state index in [-0.39, 0.29) is 17.8 Å². The number of hydrogen-bond donors (Lipinski definition) is 1. The lowest BCUT2D eigenvalue weighted by molar-refractivity contribution is -0.119. The van der Waals surface area contributed by atoms with Gasteiger partial charge in [-0.25, -0.2) is 4.39 Å². The average Bonchev–Trinajstić information content (AvgIpc) is 3.45. The van der Waals surface area contributed by atoms with Gasteiger partial charge in [0.2, 0.25) is 5.91 Å². The molecule has 1 aliphatic carbocycles. The number of hydrogen-bond acceptors (Lipinski definition) is 5. The molecule has 1 aliphatic heterocycles. The van der Waals surface area contributed by atoms with Crippen LogP contribution in [-0.4, -0.2) is 56.5 Å². The van der Waals surface area contributed by atoms with E-state index < -0.39 is 0 Å². The quantitative estimate of drug-likeness (QED) is 0.769. The topological polar surface area (TPSA) is 63.1 Å². The van der Waals surface area contributed by atoms with Gasteiger partial charge >= 0.3 is 0 Å². The Morgan fingerprint density at radius 3 is 2.56 bits per heavy atom. The van der Waals surface area contributed by atoms with Crippen LogP contribution >= 0.6 is 11.8 Å². The van der Waals surface area contributed by atoms with Crippen molar-refractivity contribution in [3.05, 3.63) is 30.1 Å². The molecule has 2 aromatic rings. The Hall–Kier alpha value is -1.93. The van der Waals surface area contributed by atoms with E-state index in [1.807, 2.05) is 11.6 Å². The van der Waals surface area contributed by atoms with E-state index in [1.54, 1.807) is 12.1 Å². The zero-order valence-electron chi connectivity index (χ0n) is 15.4. The first kappa shape index (κ1) is 18.4. The molecule has 1 aromatic heterocycles. The molecule has 1 aromatic carbocycles. The maximum Gasteiger partial charge on any atom is 0.230 e. The Balaban J connectivity index is 1.27. The number of nitrogens with one attached hydrogen (secondary N) is 1. The minimum atomic E-state index is -0.282. The number of aromatic nitrogens is 3. The molecule has 27 heavy (non-hydrogen) atoms. The number of nitrogens with zero attached hydrogens (tertiary/aromatic N) is 4. The molecular formula is C19H24FN5OS. The van der Waals surface area contributed by atoms with Crippen molar-refractivity contribution in [2.24, 2.45) is 7.05 Å². The number of thioether (sulfide) groups is 1. The van der Waals surface area contributed by atoms with Crippen molar-refractivity contribution >= 4 is 17.7 Å². The van der Waals surface area contributed by atoms with Crippen LogP contribution in [0.2, 0.25) is 0 Å². The summed E-state index contributed by atoms with van der Waals surface area (Å²) in [7, 11) is 1.85. The first-order valence-electron chi connectivity index (χ1n) is 9.41. The minimum Gasteiger partial charge on any atom is -0.353 e. The monoisotopic (exact) mass is 389 g/mol. The predicted octanol–water partition coefficient (Wildman–Crippen LogP) is 2.46. The number of piperidine rings is 1. The molecule has 1 saturated carbocycles. The van der Waals surface area contributed by atoms with Crippen molar-refractivity contribution < 1.29 is 9.18 Å². The molecular weight excluding hydrogens is 365 g/mol. The van der Waals surface area contributed by atoms with Gasteiger partial charge in [0.05, 0.1) is 5.75 Å². The zero-order chi connectivity index (χ0) is 18.8. The van der Waals surface area contributed by atoms with Gasteiger partial charge in [-0.3, -0.25) is 4.79 Å². The number of halogens is 1. The van der Waals surface area contributed by atoms with Crippen LogP contribution in [0.3, 0.4) is 0 Å². The largest absolute Gasteiger partial charge is 0.353 e. The van der Waals surface area contributed by atoms with Crippen LogP contribution in [0.1, 0.15) is 25.7 Å². The molecule has 2 fully saturated rings. The lowest BCUT2D eigenvalue weighted by Gasteiger charge is -2.32. The average molecular weight is 390 g/mol. The smallest absolute Gasteiger partial charge is 0.230 e. The predicted molar refractivity (Wildman–Crippen MR) is 103 cm³/mol. The summed E-state index contributed by atoms with van der Waals surface area (Å²) in [5.41, 5.74) is 0.796. The summed E-state index contributed by atoms with van der Waals surface area (Å²) in [6, 6.07) is 7.24. The third-order valence-electron chi connectivity index (χ3n) is 5.23. The van der Waals surface area contributed by atoms with E-state index in [9.17, 15) is 9.18 Å². The molecule has 0 radical (unpaired) electrons. The van der Waals surface area contributed by atoms with Crippen molar-refractivity contribution in [2.75, 3.05) is 18.8 Å². The summed E-state index contributed by atoms with van der Waals surface area (Å²) < 4.78 is 14.9. The first-order valence-corrected chi connectivity index (χ1v) is 10.4. The molecule has 144 valence electrons. The van der Waals surface area contributed by atoms with Crippen LogP contribution in [0.25, 0.3) is 11.4 Å². The van der Waals surface area contributed by atoms with Gasteiger partial charge in [0.25, 0.3) is 0 Å². The lowest BCUT2D eigenvalue weighted by Crippen LogP contribution is -2.45.